The van der Waals surface area contributed by atoms with Crippen molar-refractivity contribution in [3.8, 4) is 11.8 Å². The summed E-state index contributed by atoms with van der Waals surface area (Å²) in [5.74, 6) is -2.85. The number of nitriles is 1. The fourth-order valence-corrected chi connectivity index (χ4v) is 3.63. The summed E-state index contributed by atoms with van der Waals surface area (Å²) in [6.45, 7) is 0.0508. The molecular weight excluding hydrogens is 473 g/mol. The summed E-state index contributed by atoms with van der Waals surface area (Å²) in [6.07, 6.45) is 0.00693. The molecule has 34 heavy (non-hydrogen) atoms. The number of fused-ring (bicyclic) bond motifs is 1. The van der Waals surface area contributed by atoms with Crippen molar-refractivity contribution in [3.63, 3.8) is 0 Å². The first-order chi connectivity index (χ1) is 16.2. The molecule has 9 nitrogen and oxygen atoms in total. The Kier molecular flexibility index (Phi) is 5.95. The third kappa shape index (κ3) is 4.16. The molecule has 4 rings (SSSR count). The topological polar surface area (TPSA) is 149 Å². The van der Waals surface area contributed by atoms with Crippen LogP contribution in [0.2, 0.25) is 5.02 Å². The van der Waals surface area contributed by atoms with Crippen LogP contribution in [0, 0.1) is 28.8 Å². The fraction of sp³-hybridized carbons (Fsp3) is 0.0952. The van der Waals surface area contributed by atoms with Crippen LogP contribution in [-0.2, 0) is 6.42 Å². The Morgan fingerprint density at radius 3 is 2.47 bits per heavy atom. The molecule has 0 radical (unpaired) electrons. The minimum atomic E-state index is -0.929. The van der Waals surface area contributed by atoms with E-state index in [0.717, 1.165) is 22.8 Å². The zero-order chi connectivity index (χ0) is 24.6. The van der Waals surface area contributed by atoms with E-state index in [1.54, 1.807) is 0 Å². The van der Waals surface area contributed by atoms with Crippen molar-refractivity contribution >= 4 is 40.1 Å². The van der Waals surface area contributed by atoms with Crippen LogP contribution in [0.15, 0.2) is 35.1 Å². The van der Waals surface area contributed by atoms with Crippen molar-refractivity contribution in [1.82, 2.24) is 19.5 Å². The van der Waals surface area contributed by atoms with E-state index in [1.807, 2.05) is 6.07 Å². The Morgan fingerprint density at radius 1 is 1.09 bits per heavy atom. The molecule has 0 unspecified atom stereocenters. The van der Waals surface area contributed by atoms with Gasteiger partial charge in [0.2, 0.25) is 5.95 Å². The van der Waals surface area contributed by atoms with Gasteiger partial charge in [-0.1, -0.05) is 11.6 Å². The molecule has 0 amide bonds. The number of halogens is 4. The number of nitrogens with zero attached hydrogens (tertiary/aromatic N) is 5. The van der Waals surface area contributed by atoms with Gasteiger partial charge in [-0.25, -0.2) is 18.2 Å². The number of rotatable bonds is 5. The maximum atomic E-state index is 14.0. The molecule has 0 aliphatic rings. The number of hydrogen-bond donors (Lipinski definition) is 3. The summed E-state index contributed by atoms with van der Waals surface area (Å²) in [4.78, 5) is 25.3. The Bertz CT molecular complexity index is 1530. The molecular formula is C21H14ClF3N8O. The molecule has 0 aliphatic heterocycles. The van der Waals surface area contributed by atoms with Gasteiger partial charge in [-0.2, -0.15) is 15.2 Å². The smallest absolute Gasteiger partial charge is 0.267 e. The quantitative estimate of drug-likeness (QED) is 0.390. The van der Waals surface area contributed by atoms with Gasteiger partial charge in [-0.15, -0.1) is 0 Å². The molecule has 0 spiro atoms. The second-order valence-corrected chi connectivity index (χ2v) is 7.41. The van der Waals surface area contributed by atoms with Crippen LogP contribution >= 0.6 is 11.6 Å². The molecule has 0 saturated carbocycles. The summed E-state index contributed by atoms with van der Waals surface area (Å²) in [5, 5.41) is 11.4. The molecule has 0 saturated heterocycles. The molecule has 0 fully saturated rings. The third-order valence-electron chi connectivity index (χ3n) is 4.81. The molecule has 5 N–H and O–H groups in total. The van der Waals surface area contributed by atoms with Gasteiger partial charge in [0.05, 0.1) is 21.6 Å². The lowest BCUT2D eigenvalue weighted by molar-refractivity contribution is 0.580. The van der Waals surface area contributed by atoms with Crippen LogP contribution < -0.4 is 22.3 Å². The Labute approximate surface area is 194 Å². The van der Waals surface area contributed by atoms with Crippen molar-refractivity contribution in [2.45, 2.75) is 6.42 Å². The number of nitrogens with two attached hydrogens (primary N) is 2. The summed E-state index contributed by atoms with van der Waals surface area (Å²) >= 11 is 6.00. The van der Waals surface area contributed by atoms with Crippen molar-refractivity contribution in [2.24, 2.45) is 0 Å². The highest BCUT2D eigenvalue weighted by molar-refractivity contribution is 6.35. The zero-order valence-electron chi connectivity index (χ0n) is 17.1. The molecule has 4 aromatic rings. The zero-order valence-corrected chi connectivity index (χ0v) is 17.9. The van der Waals surface area contributed by atoms with Gasteiger partial charge in [-0.05, 0) is 24.3 Å². The number of hydrogen-bond acceptors (Lipinski definition) is 8. The number of aromatic nitrogens is 4. The molecule has 2 heterocycles. The molecule has 0 atom stereocenters. The van der Waals surface area contributed by atoms with Gasteiger partial charge in [0.15, 0.2) is 5.82 Å². The maximum Gasteiger partial charge on any atom is 0.267 e. The maximum absolute atomic E-state index is 14.0. The second kappa shape index (κ2) is 8.87. The van der Waals surface area contributed by atoms with Crippen LogP contribution in [0.3, 0.4) is 0 Å². The normalized spacial score (nSPS) is 10.9. The number of nitrogen functional groups attached to an aromatic ring is 2. The third-order valence-corrected chi connectivity index (χ3v) is 5.18. The van der Waals surface area contributed by atoms with E-state index in [1.165, 1.54) is 6.07 Å². The van der Waals surface area contributed by atoms with E-state index >= 15 is 0 Å². The SMILES string of the molecule is N#Cc1c(N)nc(N)nc1NCCc1nc2ccc(F)c(Cl)c2c(=O)n1-c1cc(F)cc(F)c1. The Balaban J connectivity index is 1.82. The van der Waals surface area contributed by atoms with Crippen LogP contribution in [0.25, 0.3) is 16.6 Å². The average molecular weight is 487 g/mol. The summed E-state index contributed by atoms with van der Waals surface area (Å²) < 4.78 is 42.8. The average Bonchev–Trinajstić information content (AvgIpc) is 2.75. The van der Waals surface area contributed by atoms with Crippen LogP contribution in [0.5, 0.6) is 0 Å². The number of anilines is 3. The van der Waals surface area contributed by atoms with Gasteiger partial charge in [0.1, 0.15) is 40.7 Å². The van der Waals surface area contributed by atoms with Crippen LogP contribution in [-0.4, -0.2) is 26.1 Å². The molecule has 2 aromatic heterocycles. The van der Waals surface area contributed by atoms with Gasteiger partial charge in [0, 0.05) is 19.0 Å². The molecule has 0 bridgehead atoms. The van der Waals surface area contributed by atoms with Gasteiger partial charge in [0.25, 0.3) is 5.56 Å². The highest BCUT2D eigenvalue weighted by atomic mass is 35.5. The number of benzene rings is 2. The summed E-state index contributed by atoms with van der Waals surface area (Å²) in [7, 11) is 0. The van der Waals surface area contributed by atoms with Crippen LogP contribution in [0.1, 0.15) is 11.4 Å². The second-order valence-electron chi connectivity index (χ2n) is 7.03. The van der Waals surface area contributed by atoms with E-state index in [9.17, 15) is 23.2 Å². The predicted octanol–water partition coefficient (Wildman–Crippen LogP) is 2.94. The van der Waals surface area contributed by atoms with Crippen molar-refractivity contribution in [2.75, 3.05) is 23.3 Å². The van der Waals surface area contributed by atoms with Crippen LogP contribution in [0.4, 0.5) is 30.8 Å². The fourth-order valence-electron chi connectivity index (χ4n) is 3.38. The first kappa shape index (κ1) is 22.8. The van der Waals surface area contributed by atoms with Gasteiger partial charge >= 0.3 is 0 Å². The molecule has 2 aromatic carbocycles. The Morgan fingerprint density at radius 2 is 1.79 bits per heavy atom. The van der Waals surface area contributed by atoms with Crippen molar-refractivity contribution in [1.29, 1.82) is 5.26 Å². The highest BCUT2D eigenvalue weighted by Gasteiger charge is 2.19. The summed E-state index contributed by atoms with van der Waals surface area (Å²) in [6, 6.07) is 6.69. The van der Waals surface area contributed by atoms with Gasteiger partial charge in [-0.3, -0.25) is 9.36 Å². The van der Waals surface area contributed by atoms with E-state index in [0.29, 0.717) is 6.07 Å². The first-order valence-electron chi connectivity index (χ1n) is 9.62. The molecule has 172 valence electrons. The highest BCUT2D eigenvalue weighted by Crippen LogP contribution is 2.24. The van der Waals surface area contributed by atoms with Crippen molar-refractivity contribution in [3.05, 3.63) is 74.5 Å². The summed E-state index contributed by atoms with van der Waals surface area (Å²) in [5.41, 5.74) is 10.3. The first-order valence-corrected chi connectivity index (χ1v) is 10.0. The largest absolute Gasteiger partial charge is 0.382 e. The standard InChI is InChI=1S/C21H14ClF3N8O/c22-17-13(25)1-2-14-16(17)20(34)33(11-6-9(23)5-10(24)7-11)15(30-14)3-4-29-19-12(8-26)18(27)31-21(28)32-19/h1-2,5-7H,3-4H2,(H5,27,28,29,31,32). The molecule has 0 aliphatic carbocycles. The van der Waals surface area contributed by atoms with Crippen molar-refractivity contribution < 1.29 is 13.2 Å². The van der Waals surface area contributed by atoms with E-state index in [4.69, 9.17) is 23.1 Å². The van der Waals surface area contributed by atoms with Gasteiger partial charge < -0.3 is 16.8 Å². The molecule has 13 heteroatoms. The lowest BCUT2D eigenvalue weighted by Gasteiger charge is -2.15. The van der Waals surface area contributed by atoms with E-state index in [2.05, 4.69) is 20.3 Å². The van der Waals surface area contributed by atoms with E-state index < -0.39 is 28.0 Å². The minimum Gasteiger partial charge on any atom is -0.382 e. The Hall–Kier alpha value is -4.37. The van der Waals surface area contributed by atoms with E-state index in [-0.39, 0.29) is 58.5 Å². The predicted molar refractivity (Wildman–Crippen MR) is 120 cm³/mol. The number of nitrogens with one attached hydrogen (secondary N) is 1. The lowest BCUT2D eigenvalue weighted by Crippen LogP contribution is -2.26. The minimum absolute atomic E-state index is 0.00693. The monoisotopic (exact) mass is 486 g/mol. The lowest BCUT2D eigenvalue weighted by atomic mass is 10.2.